The van der Waals surface area contributed by atoms with Crippen LogP contribution in [0.5, 0.6) is 0 Å². The number of methoxy groups -OCH3 is 1. The summed E-state index contributed by atoms with van der Waals surface area (Å²) in [6.45, 7) is 12.1. The van der Waals surface area contributed by atoms with E-state index in [-0.39, 0.29) is 0 Å². The standard InChI is InChI=1S/C16H36N2O/c1-6-16(7-2)18(11-12-19-5)13-14(3)9-8-10-15(4)17/h14-16H,6-13,17H2,1-5H3. The first kappa shape index (κ1) is 18.9. The van der Waals surface area contributed by atoms with Crippen molar-refractivity contribution in [1.82, 2.24) is 4.90 Å². The summed E-state index contributed by atoms with van der Waals surface area (Å²) < 4.78 is 5.25. The Morgan fingerprint density at radius 1 is 1.11 bits per heavy atom. The van der Waals surface area contributed by atoms with Crippen molar-refractivity contribution >= 4 is 0 Å². The first-order valence-electron chi connectivity index (χ1n) is 8.03. The van der Waals surface area contributed by atoms with Crippen LogP contribution in [0.2, 0.25) is 0 Å². The van der Waals surface area contributed by atoms with Gasteiger partial charge >= 0.3 is 0 Å². The van der Waals surface area contributed by atoms with Gasteiger partial charge in [0.25, 0.3) is 0 Å². The van der Waals surface area contributed by atoms with Crippen LogP contribution < -0.4 is 5.73 Å². The molecule has 0 saturated heterocycles. The number of hydrogen-bond donors (Lipinski definition) is 1. The highest BCUT2D eigenvalue weighted by Gasteiger charge is 2.17. The third kappa shape index (κ3) is 9.42. The number of nitrogens with zero attached hydrogens (tertiary/aromatic N) is 1. The predicted octanol–water partition coefficient (Wildman–Crippen LogP) is 3.28. The summed E-state index contributed by atoms with van der Waals surface area (Å²) >= 11 is 0. The predicted molar refractivity (Wildman–Crippen MR) is 84.5 cm³/mol. The van der Waals surface area contributed by atoms with Crippen molar-refractivity contribution < 1.29 is 4.74 Å². The maximum atomic E-state index is 5.81. The van der Waals surface area contributed by atoms with E-state index >= 15 is 0 Å². The lowest BCUT2D eigenvalue weighted by Crippen LogP contribution is -2.39. The van der Waals surface area contributed by atoms with Crippen LogP contribution in [0.3, 0.4) is 0 Å². The van der Waals surface area contributed by atoms with E-state index in [1.165, 1.54) is 32.2 Å². The molecule has 0 heterocycles. The highest BCUT2D eigenvalue weighted by atomic mass is 16.5. The monoisotopic (exact) mass is 272 g/mol. The summed E-state index contributed by atoms with van der Waals surface area (Å²) in [5.41, 5.74) is 5.81. The fraction of sp³-hybridized carbons (Fsp3) is 1.00. The molecule has 0 fully saturated rings. The van der Waals surface area contributed by atoms with Gasteiger partial charge in [0.15, 0.2) is 0 Å². The molecule has 0 spiro atoms. The minimum absolute atomic E-state index is 0.343. The molecule has 0 aromatic heterocycles. The van der Waals surface area contributed by atoms with Crippen LogP contribution in [-0.4, -0.2) is 43.8 Å². The summed E-state index contributed by atoms with van der Waals surface area (Å²) in [6, 6.07) is 1.04. The Labute approximate surface area is 120 Å². The molecule has 0 aliphatic rings. The van der Waals surface area contributed by atoms with Crippen LogP contribution >= 0.6 is 0 Å². The van der Waals surface area contributed by atoms with E-state index in [9.17, 15) is 0 Å². The van der Waals surface area contributed by atoms with Gasteiger partial charge in [-0.1, -0.05) is 27.2 Å². The van der Waals surface area contributed by atoms with Gasteiger partial charge in [-0.15, -0.1) is 0 Å². The largest absolute Gasteiger partial charge is 0.383 e. The fourth-order valence-electron chi connectivity index (χ4n) is 2.72. The van der Waals surface area contributed by atoms with Crippen LogP contribution in [0.15, 0.2) is 0 Å². The zero-order valence-electron chi connectivity index (χ0n) is 13.8. The Balaban J connectivity index is 4.13. The molecule has 0 aliphatic carbocycles. The Bertz CT molecular complexity index is 193. The van der Waals surface area contributed by atoms with Gasteiger partial charge in [-0.2, -0.15) is 0 Å². The second kappa shape index (κ2) is 11.7. The van der Waals surface area contributed by atoms with Crippen molar-refractivity contribution in [2.24, 2.45) is 11.7 Å². The van der Waals surface area contributed by atoms with E-state index in [1.807, 2.05) is 0 Å². The van der Waals surface area contributed by atoms with Crippen molar-refractivity contribution in [3.63, 3.8) is 0 Å². The minimum atomic E-state index is 0.343. The Morgan fingerprint density at radius 2 is 1.74 bits per heavy atom. The van der Waals surface area contributed by atoms with Crippen molar-refractivity contribution in [3.05, 3.63) is 0 Å². The maximum Gasteiger partial charge on any atom is 0.0589 e. The number of hydrogen-bond acceptors (Lipinski definition) is 3. The molecular weight excluding hydrogens is 236 g/mol. The average molecular weight is 272 g/mol. The summed E-state index contributed by atoms with van der Waals surface area (Å²) in [5, 5.41) is 0. The smallest absolute Gasteiger partial charge is 0.0589 e. The van der Waals surface area contributed by atoms with Gasteiger partial charge in [-0.3, -0.25) is 4.90 Å². The molecule has 0 rings (SSSR count). The van der Waals surface area contributed by atoms with Gasteiger partial charge in [0.1, 0.15) is 0 Å². The minimum Gasteiger partial charge on any atom is -0.383 e. The van der Waals surface area contributed by atoms with Gasteiger partial charge in [0, 0.05) is 32.3 Å². The number of ether oxygens (including phenoxy) is 1. The normalized spacial score (nSPS) is 15.2. The third-order valence-corrected chi connectivity index (χ3v) is 3.94. The Kier molecular flexibility index (Phi) is 11.6. The number of nitrogens with two attached hydrogens (primary N) is 1. The third-order valence-electron chi connectivity index (χ3n) is 3.94. The molecule has 3 heteroatoms. The van der Waals surface area contributed by atoms with E-state index < -0.39 is 0 Å². The van der Waals surface area contributed by atoms with Gasteiger partial charge < -0.3 is 10.5 Å². The Hall–Kier alpha value is -0.120. The first-order chi connectivity index (χ1) is 9.04. The average Bonchev–Trinajstić information content (AvgIpc) is 2.36. The molecule has 3 nitrogen and oxygen atoms in total. The lowest BCUT2D eigenvalue weighted by atomic mass is 10.00. The van der Waals surface area contributed by atoms with Crippen molar-refractivity contribution in [1.29, 1.82) is 0 Å². The molecule has 0 bridgehead atoms. The second-order valence-corrected chi connectivity index (χ2v) is 5.97. The van der Waals surface area contributed by atoms with E-state index in [1.54, 1.807) is 7.11 Å². The summed E-state index contributed by atoms with van der Waals surface area (Å²) in [5.74, 6) is 0.746. The van der Waals surface area contributed by atoms with Crippen molar-refractivity contribution in [2.45, 2.75) is 71.9 Å². The molecule has 2 unspecified atom stereocenters. The zero-order chi connectivity index (χ0) is 14.7. The fourth-order valence-corrected chi connectivity index (χ4v) is 2.72. The van der Waals surface area contributed by atoms with Crippen LogP contribution in [0, 0.1) is 5.92 Å². The molecule has 0 radical (unpaired) electrons. The van der Waals surface area contributed by atoms with E-state index in [4.69, 9.17) is 10.5 Å². The summed E-state index contributed by atoms with van der Waals surface area (Å²) in [7, 11) is 1.79. The maximum absolute atomic E-state index is 5.81. The van der Waals surface area contributed by atoms with Crippen LogP contribution in [0.4, 0.5) is 0 Å². The van der Waals surface area contributed by atoms with Crippen LogP contribution in [0.1, 0.15) is 59.8 Å². The van der Waals surface area contributed by atoms with Crippen molar-refractivity contribution in [2.75, 3.05) is 26.8 Å². The molecular formula is C16H36N2O. The topological polar surface area (TPSA) is 38.5 Å². The molecule has 0 aromatic rings. The van der Waals surface area contributed by atoms with Crippen LogP contribution in [0.25, 0.3) is 0 Å². The molecule has 116 valence electrons. The van der Waals surface area contributed by atoms with Gasteiger partial charge in [-0.25, -0.2) is 0 Å². The Morgan fingerprint density at radius 3 is 2.21 bits per heavy atom. The van der Waals surface area contributed by atoms with E-state index in [0.29, 0.717) is 12.1 Å². The molecule has 0 saturated carbocycles. The van der Waals surface area contributed by atoms with E-state index in [2.05, 4.69) is 32.6 Å². The summed E-state index contributed by atoms with van der Waals surface area (Å²) in [6.07, 6.45) is 6.14. The van der Waals surface area contributed by atoms with Gasteiger partial charge in [0.05, 0.1) is 6.61 Å². The lowest BCUT2D eigenvalue weighted by molar-refractivity contribution is 0.102. The molecule has 2 N–H and O–H groups in total. The van der Waals surface area contributed by atoms with Gasteiger partial charge in [-0.05, 0) is 38.5 Å². The zero-order valence-corrected chi connectivity index (χ0v) is 13.8. The number of rotatable bonds is 12. The molecule has 0 amide bonds. The first-order valence-corrected chi connectivity index (χ1v) is 8.03. The lowest BCUT2D eigenvalue weighted by Gasteiger charge is -2.32. The summed E-state index contributed by atoms with van der Waals surface area (Å²) in [4.78, 5) is 2.61. The SMILES string of the molecule is CCC(CC)N(CCOC)CC(C)CCCC(C)N. The van der Waals surface area contributed by atoms with E-state index in [0.717, 1.165) is 25.5 Å². The highest BCUT2D eigenvalue weighted by Crippen LogP contribution is 2.15. The molecule has 2 atom stereocenters. The van der Waals surface area contributed by atoms with Crippen molar-refractivity contribution in [3.8, 4) is 0 Å². The highest BCUT2D eigenvalue weighted by molar-refractivity contribution is 4.72. The molecule has 0 aliphatic heterocycles. The second-order valence-electron chi connectivity index (χ2n) is 5.97. The molecule has 19 heavy (non-hydrogen) atoms. The quantitative estimate of drug-likeness (QED) is 0.592. The molecule has 0 aromatic carbocycles. The van der Waals surface area contributed by atoms with Crippen LogP contribution in [-0.2, 0) is 4.74 Å². The van der Waals surface area contributed by atoms with Gasteiger partial charge in [0.2, 0.25) is 0 Å².